The second-order valence-electron chi connectivity index (χ2n) is 4.81. The van der Waals surface area contributed by atoms with Crippen LogP contribution < -0.4 is 5.32 Å². The van der Waals surface area contributed by atoms with Gasteiger partial charge in [-0.05, 0) is 34.9 Å². The van der Waals surface area contributed by atoms with Gasteiger partial charge in [-0.3, -0.25) is 0 Å². The molecule has 3 nitrogen and oxygen atoms in total. The molecule has 0 aliphatic heterocycles. The standard InChI is InChI=1S/C10H24IN3/c1-10(2,3)12-6-7-13(4)8-9-14(5)11/h12H,6-9H2,1-5H3. The van der Waals surface area contributed by atoms with E-state index in [2.05, 4.69) is 71.1 Å². The number of nitrogens with one attached hydrogen (secondary N) is 1. The van der Waals surface area contributed by atoms with Crippen molar-refractivity contribution in [2.24, 2.45) is 0 Å². The van der Waals surface area contributed by atoms with Crippen molar-refractivity contribution < 1.29 is 0 Å². The second kappa shape index (κ2) is 6.98. The Labute approximate surface area is 103 Å². The van der Waals surface area contributed by atoms with Gasteiger partial charge < -0.3 is 10.2 Å². The van der Waals surface area contributed by atoms with Gasteiger partial charge in [-0.15, -0.1) is 0 Å². The Kier molecular flexibility index (Phi) is 7.28. The predicted octanol–water partition coefficient (Wildman–Crippen LogP) is 1.59. The normalized spacial score (nSPS) is 12.9. The van der Waals surface area contributed by atoms with Gasteiger partial charge in [0.15, 0.2) is 0 Å². The van der Waals surface area contributed by atoms with Gasteiger partial charge in [0.2, 0.25) is 0 Å². The molecule has 0 atom stereocenters. The lowest BCUT2D eigenvalue weighted by molar-refractivity contribution is 0.299. The molecule has 0 aliphatic carbocycles. The zero-order valence-electron chi connectivity index (χ0n) is 10.1. The van der Waals surface area contributed by atoms with Gasteiger partial charge in [0.1, 0.15) is 0 Å². The molecule has 14 heavy (non-hydrogen) atoms. The first-order valence-electron chi connectivity index (χ1n) is 5.12. The lowest BCUT2D eigenvalue weighted by Gasteiger charge is -2.24. The van der Waals surface area contributed by atoms with Gasteiger partial charge >= 0.3 is 0 Å². The molecule has 0 bridgehead atoms. The van der Waals surface area contributed by atoms with Gasteiger partial charge in [0.05, 0.1) is 0 Å². The molecule has 86 valence electrons. The number of hydrogen-bond acceptors (Lipinski definition) is 3. The van der Waals surface area contributed by atoms with Gasteiger partial charge in [0, 0.05) is 54.6 Å². The number of likely N-dealkylation sites (N-methyl/N-ethyl adjacent to an activating group) is 2. The minimum Gasteiger partial charge on any atom is -0.311 e. The van der Waals surface area contributed by atoms with Crippen molar-refractivity contribution in [1.82, 2.24) is 13.3 Å². The Hall–Kier alpha value is 0.610. The third-order valence-electron chi connectivity index (χ3n) is 1.94. The summed E-state index contributed by atoms with van der Waals surface area (Å²) in [6.07, 6.45) is 0. The van der Waals surface area contributed by atoms with Crippen molar-refractivity contribution >= 4 is 22.9 Å². The summed E-state index contributed by atoms with van der Waals surface area (Å²) in [4.78, 5) is 2.36. The maximum Gasteiger partial charge on any atom is 0.0206 e. The molecule has 0 heterocycles. The molecule has 0 amide bonds. The Morgan fingerprint density at radius 1 is 1.07 bits per heavy atom. The van der Waals surface area contributed by atoms with Crippen molar-refractivity contribution in [3.05, 3.63) is 0 Å². The number of rotatable bonds is 6. The van der Waals surface area contributed by atoms with E-state index in [1.54, 1.807) is 0 Å². The van der Waals surface area contributed by atoms with Crippen LogP contribution in [0.4, 0.5) is 0 Å². The lowest BCUT2D eigenvalue weighted by Crippen LogP contribution is -2.41. The summed E-state index contributed by atoms with van der Waals surface area (Å²) in [5.41, 5.74) is 0.237. The van der Waals surface area contributed by atoms with Crippen molar-refractivity contribution in [2.75, 3.05) is 40.3 Å². The summed E-state index contributed by atoms with van der Waals surface area (Å²) in [5, 5.41) is 3.48. The maximum atomic E-state index is 3.48. The van der Waals surface area contributed by atoms with E-state index in [1.807, 2.05) is 0 Å². The minimum atomic E-state index is 0.237. The van der Waals surface area contributed by atoms with Crippen LogP contribution in [-0.2, 0) is 0 Å². The summed E-state index contributed by atoms with van der Waals surface area (Å²) in [5.74, 6) is 0. The van der Waals surface area contributed by atoms with Gasteiger partial charge in [-0.1, -0.05) is 0 Å². The molecule has 1 N–H and O–H groups in total. The van der Waals surface area contributed by atoms with Crippen LogP contribution in [0.2, 0.25) is 0 Å². The van der Waals surface area contributed by atoms with E-state index in [0.717, 1.165) is 26.2 Å². The molecule has 4 heteroatoms. The maximum absolute atomic E-state index is 3.48. The second-order valence-corrected chi connectivity index (χ2v) is 6.46. The Morgan fingerprint density at radius 3 is 2.07 bits per heavy atom. The molecule has 0 aromatic carbocycles. The molecule has 0 saturated carbocycles. The summed E-state index contributed by atoms with van der Waals surface area (Å²) in [7, 11) is 4.27. The van der Waals surface area contributed by atoms with E-state index in [4.69, 9.17) is 0 Å². The lowest BCUT2D eigenvalue weighted by atomic mass is 10.1. The van der Waals surface area contributed by atoms with E-state index in [9.17, 15) is 0 Å². The summed E-state index contributed by atoms with van der Waals surface area (Å²) < 4.78 is 2.19. The van der Waals surface area contributed by atoms with Crippen LogP contribution >= 0.6 is 22.9 Å². The van der Waals surface area contributed by atoms with Crippen LogP contribution in [0.1, 0.15) is 20.8 Å². The average Bonchev–Trinajstić information content (AvgIpc) is 1.98. The molecule has 0 rings (SSSR count). The highest BCUT2D eigenvalue weighted by Crippen LogP contribution is 1.97. The van der Waals surface area contributed by atoms with Crippen molar-refractivity contribution in [3.8, 4) is 0 Å². The number of nitrogens with zero attached hydrogens (tertiary/aromatic N) is 2. The minimum absolute atomic E-state index is 0.237. The third-order valence-corrected chi connectivity index (χ3v) is 2.42. The summed E-state index contributed by atoms with van der Waals surface area (Å²) in [6.45, 7) is 11.0. The molecule has 0 fully saturated rings. The fourth-order valence-electron chi connectivity index (χ4n) is 1.04. The molecule has 0 aromatic heterocycles. The van der Waals surface area contributed by atoms with E-state index in [0.29, 0.717) is 0 Å². The first kappa shape index (κ1) is 14.6. The Bertz CT molecular complexity index is 143. The highest BCUT2D eigenvalue weighted by molar-refractivity contribution is 14.1. The molecular weight excluding hydrogens is 289 g/mol. The highest BCUT2D eigenvalue weighted by Gasteiger charge is 2.08. The van der Waals surface area contributed by atoms with Gasteiger partial charge in [-0.2, -0.15) is 0 Å². The Balaban J connectivity index is 3.40. The van der Waals surface area contributed by atoms with E-state index in [-0.39, 0.29) is 5.54 Å². The van der Waals surface area contributed by atoms with Gasteiger partial charge in [-0.25, -0.2) is 3.11 Å². The largest absolute Gasteiger partial charge is 0.311 e. The number of halogens is 1. The van der Waals surface area contributed by atoms with E-state index < -0.39 is 0 Å². The molecular formula is C10H24IN3. The van der Waals surface area contributed by atoms with E-state index in [1.165, 1.54) is 0 Å². The average molecular weight is 313 g/mol. The summed E-state index contributed by atoms with van der Waals surface area (Å²) in [6, 6.07) is 0. The first-order valence-corrected chi connectivity index (χ1v) is 6.08. The SMILES string of the molecule is CN(I)CCN(C)CCNC(C)(C)C. The highest BCUT2D eigenvalue weighted by atomic mass is 127. The first-order chi connectivity index (χ1) is 6.31. The predicted molar refractivity (Wildman–Crippen MR) is 71.9 cm³/mol. The Morgan fingerprint density at radius 2 is 1.64 bits per heavy atom. The molecule has 0 spiro atoms. The van der Waals surface area contributed by atoms with Crippen LogP contribution in [0, 0.1) is 0 Å². The fraction of sp³-hybridized carbons (Fsp3) is 1.00. The number of hydrogen-bond donors (Lipinski definition) is 1. The monoisotopic (exact) mass is 313 g/mol. The van der Waals surface area contributed by atoms with Crippen molar-refractivity contribution in [1.29, 1.82) is 0 Å². The van der Waals surface area contributed by atoms with Crippen LogP contribution in [0.25, 0.3) is 0 Å². The third kappa shape index (κ3) is 10.7. The van der Waals surface area contributed by atoms with Crippen LogP contribution in [0.15, 0.2) is 0 Å². The van der Waals surface area contributed by atoms with E-state index >= 15 is 0 Å². The zero-order chi connectivity index (χ0) is 11.2. The topological polar surface area (TPSA) is 18.5 Å². The molecule has 0 saturated heterocycles. The van der Waals surface area contributed by atoms with Gasteiger partial charge in [0.25, 0.3) is 0 Å². The van der Waals surface area contributed by atoms with Crippen LogP contribution in [0.5, 0.6) is 0 Å². The molecule has 0 aromatic rings. The van der Waals surface area contributed by atoms with Crippen LogP contribution in [-0.4, -0.2) is 53.8 Å². The van der Waals surface area contributed by atoms with Crippen LogP contribution in [0.3, 0.4) is 0 Å². The summed E-state index contributed by atoms with van der Waals surface area (Å²) >= 11 is 2.32. The molecule has 0 radical (unpaired) electrons. The molecule has 0 aliphatic rings. The zero-order valence-corrected chi connectivity index (χ0v) is 12.3. The fourth-order valence-corrected chi connectivity index (χ4v) is 1.26. The van der Waals surface area contributed by atoms with Crippen molar-refractivity contribution in [2.45, 2.75) is 26.3 Å². The van der Waals surface area contributed by atoms with Crippen molar-refractivity contribution in [3.63, 3.8) is 0 Å². The molecule has 0 unspecified atom stereocenters. The smallest absolute Gasteiger partial charge is 0.0206 e. The quantitative estimate of drug-likeness (QED) is 0.593.